The number of carbonyl (C=O) groups is 1. The molecule has 0 aliphatic carbocycles. The van der Waals surface area contributed by atoms with E-state index < -0.39 is 0 Å². The summed E-state index contributed by atoms with van der Waals surface area (Å²) >= 11 is 1.22. The summed E-state index contributed by atoms with van der Waals surface area (Å²) in [6, 6.07) is 9.90. The highest BCUT2D eigenvalue weighted by Gasteiger charge is 2.37. The summed E-state index contributed by atoms with van der Waals surface area (Å²) < 4.78 is 16.0. The van der Waals surface area contributed by atoms with E-state index in [0.29, 0.717) is 5.69 Å². The van der Waals surface area contributed by atoms with Gasteiger partial charge in [0.2, 0.25) is 0 Å². The standard InChI is InChI=1S/C20H18N4O4S/c1-11(12-4-5-14-16(8-12)29-20(26)22(14)10-27-2)13-6-7-23(21-13)17-9-15-18(24(15)17)19(25)28-3/h4-9,11H,10H2,1-3H3. The smallest absolute Gasteiger partial charge is 0.357 e. The summed E-state index contributed by atoms with van der Waals surface area (Å²) in [5, 5.41) is 4.68. The molecule has 0 fully saturated rings. The molecular formula is C20H18N4O4S. The van der Waals surface area contributed by atoms with Gasteiger partial charge in [0.1, 0.15) is 12.5 Å². The van der Waals surface area contributed by atoms with Crippen LogP contribution in [-0.2, 0) is 16.2 Å². The quantitative estimate of drug-likeness (QED) is 0.402. The molecule has 1 atom stereocenters. The van der Waals surface area contributed by atoms with Crippen molar-refractivity contribution in [2.24, 2.45) is 0 Å². The number of thiazole rings is 1. The third-order valence-electron chi connectivity index (χ3n) is 5.27. The van der Waals surface area contributed by atoms with Crippen LogP contribution in [0, 0.1) is 0 Å². The highest BCUT2D eigenvalue weighted by atomic mass is 32.1. The molecule has 0 radical (unpaired) electrons. The van der Waals surface area contributed by atoms with Crippen molar-refractivity contribution in [2.75, 3.05) is 14.2 Å². The average molecular weight is 410 g/mol. The summed E-state index contributed by atoms with van der Waals surface area (Å²) in [6.45, 7) is 2.33. The van der Waals surface area contributed by atoms with E-state index in [0.717, 1.165) is 33.0 Å². The summed E-state index contributed by atoms with van der Waals surface area (Å²) in [4.78, 5) is 23.8. The van der Waals surface area contributed by atoms with E-state index in [9.17, 15) is 9.59 Å². The molecule has 2 aliphatic rings. The van der Waals surface area contributed by atoms with Gasteiger partial charge < -0.3 is 9.47 Å². The Morgan fingerprint density at radius 3 is 2.83 bits per heavy atom. The molecule has 5 rings (SSSR count). The third kappa shape index (κ3) is 2.65. The van der Waals surface area contributed by atoms with Gasteiger partial charge in [0, 0.05) is 25.3 Å². The van der Waals surface area contributed by atoms with E-state index in [1.807, 2.05) is 41.1 Å². The Labute approximate surface area is 169 Å². The maximum absolute atomic E-state index is 12.2. The van der Waals surface area contributed by atoms with Crippen molar-refractivity contribution in [1.82, 2.24) is 18.9 Å². The molecule has 2 aliphatic heterocycles. The van der Waals surface area contributed by atoms with Crippen molar-refractivity contribution in [2.45, 2.75) is 19.6 Å². The minimum absolute atomic E-state index is 0.0314. The number of methoxy groups -OCH3 is 2. The second-order valence-corrected chi connectivity index (χ2v) is 7.90. The topological polar surface area (TPSA) is 80.3 Å². The molecule has 0 bridgehead atoms. The molecule has 0 amide bonds. The van der Waals surface area contributed by atoms with Crippen LogP contribution in [0.2, 0.25) is 0 Å². The number of fused-ring (bicyclic) bond motifs is 2. The van der Waals surface area contributed by atoms with E-state index in [4.69, 9.17) is 9.47 Å². The SMILES string of the molecule is COCn1c(=O)sc2cc(C(C)c3ccn(-c4cc5c(C(=O)OC)n4-5)n3)ccc21. The Balaban J connectivity index is 1.43. The van der Waals surface area contributed by atoms with E-state index in [2.05, 4.69) is 12.0 Å². The summed E-state index contributed by atoms with van der Waals surface area (Å²) in [7, 11) is 2.95. The lowest BCUT2D eigenvalue weighted by Gasteiger charge is -2.10. The van der Waals surface area contributed by atoms with Crippen LogP contribution < -0.4 is 4.87 Å². The molecule has 0 N–H and O–H groups in total. The number of ether oxygens (including phenoxy) is 2. The van der Waals surface area contributed by atoms with Gasteiger partial charge in [-0.3, -0.25) is 13.9 Å². The van der Waals surface area contributed by atoms with Crippen LogP contribution in [0.25, 0.3) is 21.7 Å². The molecule has 9 heteroatoms. The third-order valence-corrected chi connectivity index (χ3v) is 6.21. The van der Waals surface area contributed by atoms with Crippen LogP contribution in [0.3, 0.4) is 0 Å². The number of benzene rings is 1. The van der Waals surface area contributed by atoms with Crippen molar-refractivity contribution < 1.29 is 14.3 Å². The first-order valence-corrected chi connectivity index (χ1v) is 9.87. The van der Waals surface area contributed by atoms with Crippen molar-refractivity contribution >= 4 is 27.5 Å². The largest absolute Gasteiger partial charge is 0.464 e. The second kappa shape index (κ2) is 6.43. The lowest BCUT2D eigenvalue weighted by Crippen LogP contribution is -2.13. The molecule has 0 spiro atoms. The lowest BCUT2D eigenvalue weighted by atomic mass is 9.98. The van der Waals surface area contributed by atoms with E-state index in [-0.39, 0.29) is 23.5 Å². The minimum atomic E-state index is -0.334. The molecular weight excluding hydrogens is 392 g/mol. The summed E-state index contributed by atoms with van der Waals surface area (Å²) in [5.41, 5.74) is 4.32. The number of esters is 1. The Bertz CT molecular complexity index is 1330. The molecule has 3 aromatic rings. The van der Waals surface area contributed by atoms with Crippen molar-refractivity contribution in [3.63, 3.8) is 0 Å². The number of hydrogen-bond acceptors (Lipinski definition) is 6. The zero-order valence-electron chi connectivity index (χ0n) is 16.1. The maximum atomic E-state index is 12.2. The molecule has 1 unspecified atom stereocenters. The predicted molar refractivity (Wildman–Crippen MR) is 108 cm³/mol. The monoisotopic (exact) mass is 410 g/mol. The van der Waals surface area contributed by atoms with Crippen LogP contribution in [-0.4, -0.2) is 39.1 Å². The van der Waals surface area contributed by atoms with Crippen LogP contribution >= 0.6 is 11.3 Å². The van der Waals surface area contributed by atoms with Crippen molar-refractivity contribution in [3.8, 4) is 11.5 Å². The van der Waals surface area contributed by atoms with Gasteiger partial charge in [-0.1, -0.05) is 24.3 Å². The molecule has 2 aromatic heterocycles. The predicted octanol–water partition coefficient (Wildman–Crippen LogP) is 2.90. The zero-order chi connectivity index (χ0) is 20.3. The Kier molecular flexibility index (Phi) is 3.97. The molecule has 1 aromatic carbocycles. The Morgan fingerprint density at radius 1 is 1.24 bits per heavy atom. The van der Waals surface area contributed by atoms with Crippen LogP contribution in [0.15, 0.2) is 41.3 Å². The average Bonchev–Trinajstić information content (AvgIpc) is 3.01. The van der Waals surface area contributed by atoms with Gasteiger partial charge in [-0.15, -0.1) is 0 Å². The first-order chi connectivity index (χ1) is 14.0. The van der Waals surface area contributed by atoms with Crippen molar-refractivity contribution in [1.29, 1.82) is 0 Å². The van der Waals surface area contributed by atoms with Gasteiger partial charge in [-0.25, -0.2) is 9.48 Å². The minimum Gasteiger partial charge on any atom is -0.464 e. The first-order valence-electron chi connectivity index (χ1n) is 9.06. The molecule has 148 valence electrons. The maximum Gasteiger partial charge on any atom is 0.357 e. The van der Waals surface area contributed by atoms with Crippen LogP contribution in [0.1, 0.15) is 34.6 Å². The normalized spacial score (nSPS) is 13.1. The van der Waals surface area contributed by atoms with Gasteiger partial charge in [0.05, 0.1) is 28.7 Å². The molecule has 29 heavy (non-hydrogen) atoms. The Morgan fingerprint density at radius 2 is 2.07 bits per heavy atom. The van der Waals surface area contributed by atoms with Crippen LogP contribution in [0.4, 0.5) is 0 Å². The van der Waals surface area contributed by atoms with E-state index in [1.165, 1.54) is 18.4 Å². The zero-order valence-corrected chi connectivity index (χ0v) is 16.9. The second-order valence-electron chi connectivity index (χ2n) is 6.91. The lowest BCUT2D eigenvalue weighted by molar-refractivity contribution is 0.0603. The fraction of sp³-hybridized carbons (Fsp3) is 0.250. The number of rotatable bonds is 6. The number of hydrogen-bond donors (Lipinski definition) is 0. The molecule has 4 heterocycles. The fourth-order valence-electron chi connectivity index (χ4n) is 3.60. The molecule has 0 saturated heterocycles. The van der Waals surface area contributed by atoms with Gasteiger partial charge in [-0.2, -0.15) is 5.10 Å². The van der Waals surface area contributed by atoms with E-state index >= 15 is 0 Å². The van der Waals surface area contributed by atoms with Gasteiger partial charge in [0.15, 0.2) is 5.69 Å². The summed E-state index contributed by atoms with van der Waals surface area (Å²) in [6.07, 6.45) is 1.88. The molecule has 8 nitrogen and oxygen atoms in total. The highest BCUT2D eigenvalue weighted by Crippen LogP contribution is 2.39. The number of carbonyl (C=O) groups excluding carboxylic acids is 1. The first kappa shape index (κ1) is 17.9. The van der Waals surface area contributed by atoms with Crippen molar-refractivity contribution in [3.05, 3.63) is 63.1 Å². The van der Waals surface area contributed by atoms with Crippen LogP contribution in [0.5, 0.6) is 0 Å². The Hall–Kier alpha value is -3.17. The van der Waals surface area contributed by atoms with Gasteiger partial charge in [0.25, 0.3) is 0 Å². The van der Waals surface area contributed by atoms with Gasteiger partial charge >= 0.3 is 10.8 Å². The number of aromatic nitrogens is 4. The highest BCUT2D eigenvalue weighted by molar-refractivity contribution is 7.16. The fourth-order valence-corrected chi connectivity index (χ4v) is 4.53. The van der Waals surface area contributed by atoms with E-state index in [1.54, 1.807) is 16.4 Å². The van der Waals surface area contributed by atoms with Gasteiger partial charge in [-0.05, 0) is 23.8 Å². The summed E-state index contributed by atoms with van der Waals surface area (Å²) in [5.74, 6) is 0.556. The number of nitrogens with zero attached hydrogens (tertiary/aromatic N) is 4. The molecule has 0 saturated carbocycles.